The number of carbonyl (C=O) groups is 2. The summed E-state index contributed by atoms with van der Waals surface area (Å²) in [5.74, 6) is 0.238. The maximum absolute atomic E-state index is 12.1. The van der Waals surface area contributed by atoms with Crippen molar-refractivity contribution in [2.45, 2.75) is 25.8 Å². The van der Waals surface area contributed by atoms with Gasteiger partial charge in [0.2, 0.25) is 11.8 Å². The van der Waals surface area contributed by atoms with E-state index in [1.165, 1.54) is 6.08 Å². The number of benzene rings is 1. The van der Waals surface area contributed by atoms with Crippen LogP contribution in [0.5, 0.6) is 5.75 Å². The first-order chi connectivity index (χ1) is 13.0. The van der Waals surface area contributed by atoms with Gasteiger partial charge in [-0.3, -0.25) is 14.3 Å². The van der Waals surface area contributed by atoms with Gasteiger partial charge in [0.15, 0.2) is 0 Å². The summed E-state index contributed by atoms with van der Waals surface area (Å²) >= 11 is 0. The minimum Gasteiger partial charge on any atom is -0.497 e. The third kappa shape index (κ3) is 6.97. The van der Waals surface area contributed by atoms with Crippen molar-refractivity contribution in [3.05, 3.63) is 53.9 Å². The molecule has 2 rings (SSSR count). The van der Waals surface area contributed by atoms with E-state index in [-0.39, 0.29) is 11.8 Å². The molecule has 0 aliphatic heterocycles. The van der Waals surface area contributed by atoms with Gasteiger partial charge in [0.1, 0.15) is 11.8 Å². The van der Waals surface area contributed by atoms with E-state index >= 15 is 0 Å². The fourth-order valence-electron chi connectivity index (χ4n) is 2.47. The summed E-state index contributed by atoms with van der Waals surface area (Å²) in [6.07, 6.45) is 8.54. The third-order valence-electron chi connectivity index (χ3n) is 3.99. The van der Waals surface area contributed by atoms with Crippen molar-refractivity contribution in [2.75, 3.05) is 13.7 Å². The Balaban J connectivity index is 1.69. The number of amides is 2. The lowest BCUT2D eigenvalue weighted by molar-refractivity contribution is -0.126. The Hall–Kier alpha value is -3.09. The molecule has 7 nitrogen and oxygen atoms in total. The van der Waals surface area contributed by atoms with E-state index in [0.29, 0.717) is 6.54 Å². The topological polar surface area (TPSA) is 85.2 Å². The Kier molecular flexibility index (Phi) is 7.61. The number of aromatic nitrogens is 2. The second-order valence-corrected chi connectivity index (χ2v) is 6.25. The molecule has 0 aliphatic rings. The Bertz CT molecular complexity index is 781. The monoisotopic (exact) mass is 370 g/mol. The summed E-state index contributed by atoms with van der Waals surface area (Å²) in [6, 6.07) is 6.73. The highest BCUT2D eigenvalue weighted by Crippen LogP contribution is 2.12. The highest BCUT2D eigenvalue weighted by molar-refractivity contribution is 5.95. The molecular formula is C20H26N4O3. The standard InChI is InChI=1S/C20H26N4O3/c1-15(20(26)21-12-4-5-17-13-22-24(2)14-17)23-19(25)11-8-16-6-9-18(27-3)10-7-16/h6-11,13-15H,4-5,12H2,1-3H3,(H,21,26)(H,23,25)/b11-8+. The van der Waals surface area contributed by atoms with Crippen molar-refractivity contribution in [1.29, 1.82) is 0 Å². The van der Waals surface area contributed by atoms with Gasteiger partial charge in [0, 0.05) is 25.9 Å². The minimum absolute atomic E-state index is 0.201. The lowest BCUT2D eigenvalue weighted by Crippen LogP contribution is -2.44. The fraction of sp³-hybridized carbons (Fsp3) is 0.350. The van der Waals surface area contributed by atoms with Gasteiger partial charge in [-0.1, -0.05) is 12.1 Å². The number of ether oxygens (including phenoxy) is 1. The fourth-order valence-corrected chi connectivity index (χ4v) is 2.47. The summed E-state index contributed by atoms with van der Waals surface area (Å²) in [6.45, 7) is 2.21. The molecule has 1 unspecified atom stereocenters. The Labute approximate surface area is 159 Å². The zero-order valence-electron chi connectivity index (χ0n) is 15.9. The van der Waals surface area contributed by atoms with Crippen LogP contribution in [0, 0.1) is 0 Å². The van der Waals surface area contributed by atoms with Crippen LogP contribution in [-0.4, -0.2) is 41.3 Å². The Morgan fingerprint density at radius 2 is 2.04 bits per heavy atom. The smallest absolute Gasteiger partial charge is 0.244 e. The number of rotatable bonds is 9. The molecule has 1 atom stereocenters. The van der Waals surface area contributed by atoms with Crippen LogP contribution in [0.3, 0.4) is 0 Å². The molecule has 144 valence electrons. The minimum atomic E-state index is -0.601. The maximum atomic E-state index is 12.1. The molecule has 0 bridgehead atoms. The number of aryl methyl sites for hydroxylation is 2. The molecule has 0 fully saturated rings. The average molecular weight is 370 g/mol. The van der Waals surface area contributed by atoms with Crippen LogP contribution in [0.1, 0.15) is 24.5 Å². The number of nitrogens with zero attached hydrogens (tertiary/aromatic N) is 2. The normalized spacial score (nSPS) is 12.0. The van der Waals surface area contributed by atoms with Gasteiger partial charge in [-0.05, 0) is 49.1 Å². The highest BCUT2D eigenvalue weighted by Gasteiger charge is 2.13. The van der Waals surface area contributed by atoms with E-state index in [0.717, 1.165) is 29.7 Å². The Morgan fingerprint density at radius 3 is 2.67 bits per heavy atom. The van der Waals surface area contributed by atoms with Crippen LogP contribution < -0.4 is 15.4 Å². The molecule has 1 aromatic carbocycles. The molecule has 0 aliphatic carbocycles. The number of hydrogen-bond acceptors (Lipinski definition) is 4. The molecule has 27 heavy (non-hydrogen) atoms. The number of nitrogens with one attached hydrogen (secondary N) is 2. The summed E-state index contributed by atoms with van der Waals surface area (Å²) in [5, 5.41) is 9.60. The molecule has 2 aromatic rings. The largest absolute Gasteiger partial charge is 0.497 e. The van der Waals surface area contributed by atoms with E-state index < -0.39 is 6.04 Å². The number of hydrogen-bond donors (Lipinski definition) is 2. The SMILES string of the molecule is COc1ccc(/C=C/C(=O)NC(C)C(=O)NCCCc2cnn(C)c2)cc1. The van der Waals surface area contributed by atoms with Gasteiger partial charge < -0.3 is 15.4 Å². The summed E-state index contributed by atoms with van der Waals surface area (Å²) in [7, 11) is 3.47. The maximum Gasteiger partial charge on any atom is 0.244 e. The molecule has 2 N–H and O–H groups in total. The number of methoxy groups -OCH3 is 1. The van der Waals surface area contributed by atoms with Crippen LogP contribution in [0.4, 0.5) is 0 Å². The number of carbonyl (C=O) groups excluding carboxylic acids is 2. The van der Waals surface area contributed by atoms with Gasteiger partial charge in [-0.2, -0.15) is 5.10 Å². The first kappa shape index (κ1) is 20.2. The molecule has 0 saturated carbocycles. The van der Waals surface area contributed by atoms with Crippen LogP contribution >= 0.6 is 0 Å². The lowest BCUT2D eigenvalue weighted by atomic mass is 10.2. The first-order valence-corrected chi connectivity index (χ1v) is 8.86. The molecule has 0 saturated heterocycles. The second kappa shape index (κ2) is 10.2. The van der Waals surface area contributed by atoms with Crippen molar-refractivity contribution < 1.29 is 14.3 Å². The van der Waals surface area contributed by atoms with Crippen LogP contribution in [0.2, 0.25) is 0 Å². The van der Waals surface area contributed by atoms with Crippen molar-refractivity contribution in [2.24, 2.45) is 7.05 Å². The molecule has 1 heterocycles. The van der Waals surface area contributed by atoms with Crippen molar-refractivity contribution in [1.82, 2.24) is 20.4 Å². The van der Waals surface area contributed by atoms with E-state index in [1.807, 2.05) is 43.7 Å². The quantitative estimate of drug-likeness (QED) is 0.520. The van der Waals surface area contributed by atoms with Crippen LogP contribution in [0.15, 0.2) is 42.7 Å². The van der Waals surface area contributed by atoms with Crippen LogP contribution in [0.25, 0.3) is 6.08 Å². The predicted molar refractivity (Wildman–Crippen MR) is 104 cm³/mol. The van der Waals surface area contributed by atoms with Crippen LogP contribution in [-0.2, 0) is 23.1 Å². The molecule has 0 spiro atoms. The second-order valence-electron chi connectivity index (χ2n) is 6.25. The molecule has 0 radical (unpaired) electrons. The lowest BCUT2D eigenvalue weighted by Gasteiger charge is -2.12. The van der Waals surface area contributed by atoms with E-state index in [1.54, 1.807) is 24.8 Å². The third-order valence-corrected chi connectivity index (χ3v) is 3.99. The summed E-state index contributed by atoms with van der Waals surface area (Å²) < 4.78 is 6.84. The summed E-state index contributed by atoms with van der Waals surface area (Å²) in [4.78, 5) is 24.0. The van der Waals surface area contributed by atoms with E-state index in [2.05, 4.69) is 15.7 Å². The molecule has 7 heteroatoms. The predicted octanol–water partition coefficient (Wildman–Crippen LogP) is 1.70. The van der Waals surface area contributed by atoms with Crippen molar-refractivity contribution >= 4 is 17.9 Å². The van der Waals surface area contributed by atoms with E-state index in [9.17, 15) is 9.59 Å². The molecule has 2 amide bonds. The van der Waals surface area contributed by atoms with Gasteiger partial charge in [-0.25, -0.2) is 0 Å². The molecule has 1 aromatic heterocycles. The Morgan fingerprint density at radius 1 is 1.30 bits per heavy atom. The average Bonchev–Trinajstić information content (AvgIpc) is 3.08. The highest BCUT2D eigenvalue weighted by atomic mass is 16.5. The first-order valence-electron chi connectivity index (χ1n) is 8.86. The van der Waals surface area contributed by atoms with Gasteiger partial charge in [0.05, 0.1) is 13.3 Å². The summed E-state index contributed by atoms with van der Waals surface area (Å²) in [5.41, 5.74) is 2.01. The van der Waals surface area contributed by atoms with E-state index in [4.69, 9.17) is 4.74 Å². The zero-order chi connectivity index (χ0) is 19.6. The van der Waals surface area contributed by atoms with Crippen molar-refractivity contribution in [3.63, 3.8) is 0 Å². The van der Waals surface area contributed by atoms with Gasteiger partial charge in [0.25, 0.3) is 0 Å². The van der Waals surface area contributed by atoms with Gasteiger partial charge >= 0.3 is 0 Å². The van der Waals surface area contributed by atoms with Crippen molar-refractivity contribution in [3.8, 4) is 5.75 Å². The zero-order valence-corrected chi connectivity index (χ0v) is 15.9. The molecular weight excluding hydrogens is 344 g/mol. The van der Waals surface area contributed by atoms with Gasteiger partial charge in [-0.15, -0.1) is 0 Å².